The molecule has 1 aromatic rings. The van der Waals surface area contributed by atoms with Gasteiger partial charge in [-0.25, -0.2) is 0 Å². The summed E-state index contributed by atoms with van der Waals surface area (Å²) < 4.78 is 0. The third-order valence-corrected chi connectivity index (χ3v) is 5.45. The van der Waals surface area contributed by atoms with Gasteiger partial charge in [0.2, 0.25) is 0 Å². The number of amides is 1. The van der Waals surface area contributed by atoms with Crippen LogP contribution in [0, 0.1) is 6.92 Å². The Morgan fingerprint density at radius 2 is 2.07 bits per heavy atom. The summed E-state index contributed by atoms with van der Waals surface area (Å²) in [6.45, 7) is 11.5. The van der Waals surface area contributed by atoms with E-state index in [1.807, 2.05) is 6.92 Å². The lowest BCUT2D eigenvalue weighted by atomic mass is 10.4. The van der Waals surface area contributed by atoms with E-state index < -0.39 is 8.07 Å². The molecule has 0 atom stereocenters. The average molecular weight is 241 g/mol. The van der Waals surface area contributed by atoms with Crippen LogP contribution in [0.15, 0.2) is 6.07 Å². The van der Waals surface area contributed by atoms with Crippen LogP contribution in [0.2, 0.25) is 19.6 Å². The van der Waals surface area contributed by atoms with Gasteiger partial charge in [-0.05, 0) is 25.1 Å². The highest BCUT2D eigenvalue weighted by atomic mass is 32.1. The van der Waals surface area contributed by atoms with Crippen LogP contribution in [0.25, 0.3) is 0 Å². The number of hydrogen-bond acceptors (Lipinski definition) is 2. The molecule has 0 fully saturated rings. The SMILES string of the molecule is CCNC(=O)c1sc(C)cc1[Si](C)(C)C. The van der Waals surface area contributed by atoms with Crippen molar-refractivity contribution < 1.29 is 4.79 Å². The number of nitrogens with one attached hydrogen (secondary N) is 1. The molecule has 0 aliphatic rings. The largest absolute Gasteiger partial charge is 0.352 e. The van der Waals surface area contributed by atoms with Gasteiger partial charge in [0.1, 0.15) is 0 Å². The summed E-state index contributed by atoms with van der Waals surface area (Å²) in [5.41, 5.74) is 0. The Morgan fingerprint density at radius 1 is 1.47 bits per heavy atom. The highest BCUT2D eigenvalue weighted by Crippen LogP contribution is 2.17. The van der Waals surface area contributed by atoms with Gasteiger partial charge in [0.25, 0.3) is 5.91 Å². The Labute approximate surface area is 96.7 Å². The molecule has 0 bridgehead atoms. The Bertz CT molecular complexity index is 365. The minimum absolute atomic E-state index is 0.0908. The highest BCUT2D eigenvalue weighted by molar-refractivity contribution is 7.16. The Balaban J connectivity index is 3.12. The number of carbonyl (C=O) groups excluding carboxylic acids is 1. The van der Waals surface area contributed by atoms with Crippen LogP contribution in [-0.2, 0) is 0 Å². The molecule has 0 aliphatic heterocycles. The smallest absolute Gasteiger partial charge is 0.261 e. The summed E-state index contributed by atoms with van der Waals surface area (Å²) in [6, 6.07) is 2.18. The molecule has 15 heavy (non-hydrogen) atoms. The van der Waals surface area contributed by atoms with E-state index in [0.29, 0.717) is 6.54 Å². The zero-order valence-corrected chi connectivity index (χ0v) is 11.9. The van der Waals surface area contributed by atoms with Gasteiger partial charge in [0, 0.05) is 11.4 Å². The summed E-state index contributed by atoms with van der Waals surface area (Å²) in [7, 11) is -1.40. The molecule has 0 saturated carbocycles. The molecule has 1 N–H and O–H groups in total. The number of rotatable bonds is 3. The second kappa shape index (κ2) is 4.49. The van der Waals surface area contributed by atoms with Crippen molar-refractivity contribution >= 4 is 30.5 Å². The van der Waals surface area contributed by atoms with E-state index in [1.54, 1.807) is 11.3 Å². The van der Waals surface area contributed by atoms with Gasteiger partial charge in [-0.1, -0.05) is 19.6 Å². The lowest BCUT2D eigenvalue weighted by Crippen LogP contribution is -2.41. The van der Waals surface area contributed by atoms with E-state index in [-0.39, 0.29) is 5.91 Å². The van der Waals surface area contributed by atoms with Gasteiger partial charge in [-0.2, -0.15) is 0 Å². The second-order valence-electron chi connectivity index (χ2n) is 4.71. The van der Waals surface area contributed by atoms with E-state index in [2.05, 4.69) is 37.9 Å². The van der Waals surface area contributed by atoms with Gasteiger partial charge >= 0.3 is 0 Å². The summed E-state index contributed by atoms with van der Waals surface area (Å²) >= 11 is 1.61. The van der Waals surface area contributed by atoms with Crippen LogP contribution < -0.4 is 10.5 Å². The Hall–Kier alpha value is -0.613. The van der Waals surface area contributed by atoms with E-state index >= 15 is 0 Å². The average Bonchev–Trinajstić information content (AvgIpc) is 2.47. The molecule has 1 heterocycles. The molecule has 1 aromatic heterocycles. The van der Waals surface area contributed by atoms with Crippen LogP contribution >= 0.6 is 11.3 Å². The molecule has 0 radical (unpaired) electrons. The van der Waals surface area contributed by atoms with E-state index in [9.17, 15) is 4.79 Å². The van der Waals surface area contributed by atoms with Crippen LogP contribution in [0.5, 0.6) is 0 Å². The molecule has 0 aliphatic carbocycles. The molecule has 0 unspecified atom stereocenters. The number of carbonyl (C=O) groups is 1. The summed E-state index contributed by atoms with van der Waals surface area (Å²) in [5, 5.41) is 4.17. The number of thiophene rings is 1. The topological polar surface area (TPSA) is 29.1 Å². The van der Waals surface area contributed by atoms with Crippen LogP contribution in [0.3, 0.4) is 0 Å². The zero-order valence-electron chi connectivity index (χ0n) is 10.1. The highest BCUT2D eigenvalue weighted by Gasteiger charge is 2.25. The van der Waals surface area contributed by atoms with Crippen molar-refractivity contribution in [1.82, 2.24) is 5.32 Å². The van der Waals surface area contributed by atoms with Crippen molar-refractivity contribution in [3.05, 3.63) is 15.8 Å². The molecular weight excluding hydrogens is 222 g/mol. The first-order chi connectivity index (χ1) is 6.86. The van der Waals surface area contributed by atoms with Gasteiger partial charge in [-0.3, -0.25) is 4.79 Å². The van der Waals surface area contributed by atoms with Crippen molar-refractivity contribution in [2.75, 3.05) is 6.54 Å². The van der Waals surface area contributed by atoms with Crippen molar-refractivity contribution in [2.24, 2.45) is 0 Å². The van der Waals surface area contributed by atoms with E-state index in [4.69, 9.17) is 0 Å². The molecular formula is C11H19NOSSi. The lowest BCUT2D eigenvalue weighted by Gasteiger charge is -2.16. The predicted molar refractivity (Wildman–Crippen MR) is 70.0 cm³/mol. The molecule has 0 aromatic carbocycles. The molecule has 84 valence electrons. The monoisotopic (exact) mass is 241 g/mol. The van der Waals surface area contributed by atoms with Crippen molar-refractivity contribution in [2.45, 2.75) is 33.5 Å². The summed E-state index contributed by atoms with van der Waals surface area (Å²) in [4.78, 5) is 14.0. The normalized spacial score (nSPS) is 11.5. The Morgan fingerprint density at radius 3 is 2.53 bits per heavy atom. The maximum Gasteiger partial charge on any atom is 0.261 e. The summed E-state index contributed by atoms with van der Waals surface area (Å²) in [5.74, 6) is 0.0908. The predicted octanol–water partition coefficient (Wildman–Crippen LogP) is 2.35. The third kappa shape index (κ3) is 2.92. The first kappa shape index (κ1) is 12.5. The zero-order chi connectivity index (χ0) is 11.6. The minimum atomic E-state index is -1.40. The fourth-order valence-corrected chi connectivity index (χ4v) is 4.93. The fourth-order valence-electron chi connectivity index (χ4n) is 1.48. The van der Waals surface area contributed by atoms with Gasteiger partial charge < -0.3 is 5.32 Å². The lowest BCUT2D eigenvalue weighted by molar-refractivity contribution is 0.0961. The molecule has 0 saturated heterocycles. The van der Waals surface area contributed by atoms with Crippen molar-refractivity contribution in [1.29, 1.82) is 0 Å². The van der Waals surface area contributed by atoms with Crippen LogP contribution in [0.4, 0.5) is 0 Å². The van der Waals surface area contributed by atoms with Crippen LogP contribution in [-0.4, -0.2) is 20.5 Å². The van der Waals surface area contributed by atoms with E-state index in [1.165, 1.54) is 10.1 Å². The van der Waals surface area contributed by atoms with Gasteiger partial charge in [0.15, 0.2) is 0 Å². The first-order valence-electron chi connectivity index (χ1n) is 5.25. The molecule has 2 nitrogen and oxygen atoms in total. The standard InChI is InChI=1S/C11H19NOSSi/c1-6-12-11(13)10-9(15(3,4)5)7-8(2)14-10/h7H,6H2,1-5H3,(H,12,13). The summed E-state index contributed by atoms with van der Waals surface area (Å²) in [6.07, 6.45) is 0. The quantitative estimate of drug-likeness (QED) is 0.809. The second-order valence-corrected chi connectivity index (χ2v) is 11.0. The van der Waals surface area contributed by atoms with E-state index in [0.717, 1.165) is 4.88 Å². The third-order valence-electron chi connectivity index (χ3n) is 2.21. The van der Waals surface area contributed by atoms with Gasteiger partial charge in [0.05, 0.1) is 13.0 Å². The maximum absolute atomic E-state index is 11.8. The Kier molecular flexibility index (Phi) is 3.73. The van der Waals surface area contributed by atoms with Crippen LogP contribution in [0.1, 0.15) is 21.5 Å². The van der Waals surface area contributed by atoms with Crippen molar-refractivity contribution in [3.63, 3.8) is 0 Å². The van der Waals surface area contributed by atoms with Crippen molar-refractivity contribution in [3.8, 4) is 0 Å². The minimum Gasteiger partial charge on any atom is -0.352 e. The molecule has 1 amide bonds. The van der Waals surface area contributed by atoms with Gasteiger partial charge in [-0.15, -0.1) is 11.3 Å². The fraction of sp³-hybridized carbons (Fsp3) is 0.545. The number of aryl methyl sites for hydroxylation is 1. The maximum atomic E-state index is 11.8. The molecule has 1 rings (SSSR count). The first-order valence-corrected chi connectivity index (χ1v) is 9.57. The molecule has 4 heteroatoms. The number of hydrogen-bond donors (Lipinski definition) is 1. The molecule has 0 spiro atoms.